The van der Waals surface area contributed by atoms with Crippen LogP contribution in [0.15, 0.2) is 182 Å². The first-order valence-electron chi connectivity index (χ1n) is 18.2. The summed E-state index contributed by atoms with van der Waals surface area (Å²) in [5, 5.41) is 9.07. The van der Waals surface area contributed by atoms with E-state index in [1.807, 2.05) is 12.3 Å². The minimum Gasteiger partial charge on any atom is -0.254 e. The predicted molar refractivity (Wildman–Crippen MR) is 224 cm³/mol. The topological polar surface area (TPSA) is 51.6 Å². The summed E-state index contributed by atoms with van der Waals surface area (Å²) in [6.45, 7) is 0. The smallest absolute Gasteiger partial charge is 0.0972 e. The van der Waals surface area contributed by atoms with E-state index in [2.05, 4.69) is 175 Å². The van der Waals surface area contributed by atoms with E-state index in [1.165, 1.54) is 10.8 Å². The fraction of sp³-hybridized carbons (Fsp3) is 0. The van der Waals surface area contributed by atoms with Crippen LogP contribution in [0.25, 0.3) is 110 Å². The van der Waals surface area contributed by atoms with Crippen molar-refractivity contribution in [2.75, 3.05) is 0 Å². The van der Waals surface area contributed by atoms with Crippen molar-refractivity contribution in [3.8, 4) is 44.9 Å². The van der Waals surface area contributed by atoms with Crippen molar-refractivity contribution in [2.24, 2.45) is 0 Å². The number of nitrogens with zero attached hydrogens (tertiary/aromatic N) is 4. The van der Waals surface area contributed by atoms with Crippen LogP contribution in [-0.2, 0) is 0 Å². The monoisotopic (exact) mass is 686 g/mol. The highest BCUT2D eigenvalue weighted by Crippen LogP contribution is 2.37. The molecule has 4 aromatic heterocycles. The Bertz CT molecular complexity index is 3290. The molecular weight excluding hydrogens is 657 g/mol. The van der Waals surface area contributed by atoms with Gasteiger partial charge in [0.05, 0.1) is 39.1 Å². The Balaban J connectivity index is 0.985. The Kier molecular flexibility index (Phi) is 6.82. The number of hydrogen-bond acceptors (Lipinski definition) is 4. The molecule has 250 valence electrons. The Morgan fingerprint density at radius 1 is 0.296 bits per heavy atom. The number of hydrogen-bond donors (Lipinski definition) is 0. The molecule has 0 radical (unpaired) electrons. The van der Waals surface area contributed by atoms with Crippen LogP contribution in [-0.4, -0.2) is 19.9 Å². The van der Waals surface area contributed by atoms with Crippen molar-refractivity contribution in [3.63, 3.8) is 0 Å². The third-order valence-electron chi connectivity index (χ3n) is 10.7. The lowest BCUT2D eigenvalue weighted by atomic mass is 9.95. The lowest BCUT2D eigenvalue weighted by molar-refractivity contribution is 1.37. The zero-order valence-electron chi connectivity index (χ0n) is 29.1. The summed E-state index contributed by atoms with van der Waals surface area (Å²) in [6, 6.07) is 62.0. The van der Waals surface area contributed by atoms with Gasteiger partial charge in [-0.3, -0.25) is 4.98 Å². The molecule has 4 heteroatoms. The van der Waals surface area contributed by atoms with Gasteiger partial charge in [0.15, 0.2) is 0 Å². The Morgan fingerprint density at radius 2 is 0.778 bits per heavy atom. The maximum absolute atomic E-state index is 5.26. The molecule has 11 rings (SSSR count). The first-order valence-corrected chi connectivity index (χ1v) is 18.2. The molecule has 0 aliphatic carbocycles. The zero-order valence-corrected chi connectivity index (χ0v) is 29.1. The third kappa shape index (κ3) is 5.00. The van der Waals surface area contributed by atoms with E-state index in [1.54, 1.807) is 0 Å². The fourth-order valence-corrected chi connectivity index (χ4v) is 7.96. The average Bonchev–Trinajstić information content (AvgIpc) is 3.24. The third-order valence-corrected chi connectivity index (χ3v) is 10.7. The van der Waals surface area contributed by atoms with Crippen molar-refractivity contribution < 1.29 is 0 Å². The molecular formula is C50H30N4. The molecule has 54 heavy (non-hydrogen) atoms. The van der Waals surface area contributed by atoms with E-state index < -0.39 is 0 Å². The number of aromatic nitrogens is 4. The SMILES string of the molecule is c1ccc2c(-c3ccc4ccc(-c5ccc6ccc(-c7ccc(-c8ccc9ccc%10cccnc%10c9n8)c8ccccc78)nc6c5)cc4n3)cccc2c1. The van der Waals surface area contributed by atoms with Crippen molar-refractivity contribution in [1.29, 1.82) is 0 Å². The lowest BCUT2D eigenvalue weighted by Crippen LogP contribution is -1.92. The highest BCUT2D eigenvalue weighted by Gasteiger charge is 2.14. The van der Waals surface area contributed by atoms with Gasteiger partial charge in [-0.15, -0.1) is 0 Å². The van der Waals surface area contributed by atoms with E-state index in [9.17, 15) is 0 Å². The molecule has 0 saturated heterocycles. The molecule has 0 saturated carbocycles. The van der Waals surface area contributed by atoms with Crippen molar-refractivity contribution >= 4 is 65.2 Å². The van der Waals surface area contributed by atoms with Crippen molar-refractivity contribution in [1.82, 2.24) is 19.9 Å². The van der Waals surface area contributed by atoms with Crippen LogP contribution in [0, 0.1) is 0 Å². The van der Waals surface area contributed by atoms with Crippen molar-refractivity contribution in [3.05, 3.63) is 182 Å². The van der Waals surface area contributed by atoms with Crippen LogP contribution in [0.1, 0.15) is 0 Å². The summed E-state index contributed by atoms with van der Waals surface area (Å²) in [4.78, 5) is 20.3. The van der Waals surface area contributed by atoms with Gasteiger partial charge in [0.25, 0.3) is 0 Å². The molecule has 0 aliphatic heterocycles. The Hall–Kier alpha value is -7.30. The largest absolute Gasteiger partial charge is 0.254 e. The second-order valence-electron chi connectivity index (χ2n) is 13.8. The van der Waals surface area contributed by atoms with E-state index in [4.69, 9.17) is 15.0 Å². The highest BCUT2D eigenvalue weighted by atomic mass is 14.8. The molecule has 0 amide bonds. The van der Waals surface area contributed by atoms with Gasteiger partial charge < -0.3 is 0 Å². The molecule has 0 atom stereocenters. The number of benzene rings is 7. The first-order chi connectivity index (χ1) is 26.7. The minimum absolute atomic E-state index is 0.915. The van der Waals surface area contributed by atoms with Gasteiger partial charge in [-0.1, -0.05) is 140 Å². The van der Waals surface area contributed by atoms with Crippen LogP contribution in [0.5, 0.6) is 0 Å². The van der Waals surface area contributed by atoms with Gasteiger partial charge in [-0.2, -0.15) is 0 Å². The van der Waals surface area contributed by atoms with Gasteiger partial charge in [-0.05, 0) is 69.1 Å². The molecule has 0 unspecified atom stereocenters. The van der Waals surface area contributed by atoms with E-state index in [-0.39, 0.29) is 0 Å². The Morgan fingerprint density at radius 3 is 1.44 bits per heavy atom. The van der Waals surface area contributed by atoms with Gasteiger partial charge in [0.2, 0.25) is 0 Å². The normalized spacial score (nSPS) is 11.7. The molecule has 0 aliphatic rings. The molecule has 4 heterocycles. The molecule has 0 spiro atoms. The standard InChI is InChI=1S/C50H30N4/c1-2-10-38-31(7-1)8-5-13-41(38)44-25-20-32-14-18-36(29-47(32)52-44)37-19-15-33-21-26-45(53-48(33)30-37)42-23-24-43(40-12-4-3-11-39(40)42)46-27-22-35-17-16-34-9-6-28-51-49(34)50(35)54-46/h1-30H. The molecule has 0 bridgehead atoms. The van der Waals surface area contributed by atoms with E-state index >= 15 is 0 Å². The first kappa shape index (κ1) is 30.3. The summed E-state index contributed by atoms with van der Waals surface area (Å²) in [6.07, 6.45) is 1.84. The van der Waals surface area contributed by atoms with Gasteiger partial charge in [-0.25, -0.2) is 15.0 Å². The summed E-state index contributed by atoms with van der Waals surface area (Å²) < 4.78 is 0. The number of rotatable bonds is 4. The van der Waals surface area contributed by atoms with Gasteiger partial charge in [0, 0.05) is 44.4 Å². The average molecular weight is 687 g/mol. The quantitative estimate of drug-likeness (QED) is 0.173. The summed E-state index contributed by atoms with van der Waals surface area (Å²) in [5.41, 5.74) is 12.1. The second-order valence-corrected chi connectivity index (χ2v) is 13.8. The highest BCUT2D eigenvalue weighted by molar-refractivity contribution is 6.07. The summed E-state index contributed by atoms with van der Waals surface area (Å²) in [5.74, 6) is 0. The van der Waals surface area contributed by atoms with E-state index in [0.717, 1.165) is 99.3 Å². The zero-order chi connectivity index (χ0) is 35.6. The molecule has 0 N–H and O–H groups in total. The number of pyridine rings is 4. The number of fused-ring (bicyclic) bond motifs is 7. The summed E-state index contributed by atoms with van der Waals surface area (Å²) in [7, 11) is 0. The molecule has 11 aromatic rings. The second kappa shape index (κ2) is 12.1. The van der Waals surface area contributed by atoms with Gasteiger partial charge >= 0.3 is 0 Å². The van der Waals surface area contributed by atoms with Gasteiger partial charge in [0.1, 0.15) is 0 Å². The lowest BCUT2D eigenvalue weighted by Gasteiger charge is -2.13. The maximum atomic E-state index is 5.26. The van der Waals surface area contributed by atoms with Crippen LogP contribution in [0.3, 0.4) is 0 Å². The maximum Gasteiger partial charge on any atom is 0.0972 e. The van der Waals surface area contributed by atoms with Crippen LogP contribution < -0.4 is 0 Å². The van der Waals surface area contributed by atoms with E-state index in [0.29, 0.717) is 0 Å². The van der Waals surface area contributed by atoms with Crippen LogP contribution in [0.4, 0.5) is 0 Å². The predicted octanol–water partition coefficient (Wildman–Crippen LogP) is 12.9. The van der Waals surface area contributed by atoms with Crippen LogP contribution in [0.2, 0.25) is 0 Å². The molecule has 4 nitrogen and oxygen atoms in total. The van der Waals surface area contributed by atoms with Crippen LogP contribution >= 0.6 is 0 Å². The minimum atomic E-state index is 0.915. The fourth-order valence-electron chi connectivity index (χ4n) is 7.96. The molecule has 0 fully saturated rings. The summed E-state index contributed by atoms with van der Waals surface area (Å²) >= 11 is 0. The van der Waals surface area contributed by atoms with Crippen molar-refractivity contribution in [2.45, 2.75) is 0 Å². The Labute approximate surface area is 311 Å². The molecule has 7 aromatic carbocycles.